The molecule has 0 saturated heterocycles. The molecule has 0 radical (unpaired) electrons. The minimum Gasteiger partial charge on any atom is -0.377 e. The van der Waals surface area contributed by atoms with Gasteiger partial charge in [0.2, 0.25) is 0 Å². The molecule has 5 nitrogen and oxygen atoms in total. The van der Waals surface area contributed by atoms with Gasteiger partial charge in [0.15, 0.2) is 0 Å². The molecule has 0 aromatic carbocycles. The number of nitrogens with two attached hydrogens (primary N) is 1. The van der Waals surface area contributed by atoms with Crippen LogP contribution in [0.2, 0.25) is 0 Å². The first-order chi connectivity index (χ1) is 8.55. The highest BCUT2D eigenvalue weighted by Gasteiger charge is 2.39. The smallest absolute Gasteiger partial charge is 0.0843 e. The Morgan fingerprint density at radius 1 is 1.56 bits per heavy atom. The number of hydrogen-bond acceptors (Lipinski definition) is 4. The number of aromatic nitrogens is 3. The second-order valence-electron chi connectivity index (χ2n) is 5.65. The molecule has 1 atom stereocenters. The zero-order valence-electron chi connectivity index (χ0n) is 11.6. The number of methoxy groups -OCH3 is 1. The lowest BCUT2D eigenvalue weighted by Crippen LogP contribution is -2.52. The van der Waals surface area contributed by atoms with Gasteiger partial charge in [-0.2, -0.15) is 0 Å². The Bertz CT molecular complexity index is 382. The molecule has 1 fully saturated rings. The van der Waals surface area contributed by atoms with E-state index >= 15 is 0 Å². The minimum atomic E-state index is -0.177. The molecule has 1 aliphatic carbocycles. The highest BCUT2D eigenvalue weighted by molar-refractivity contribution is 5.03. The van der Waals surface area contributed by atoms with Crippen LogP contribution in [0.5, 0.6) is 0 Å². The van der Waals surface area contributed by atoms with Gasteiger partial charge in [-0.25, -0.2) is 0 Å². The molecule has 102 valence electrons. The van der Waals surface area contributed by atoms with Crippen molar-refractivity contribution in [3.8, 4) is 0 Å². The Balaban J connectivity index is 2.03. The lowest BCUT2D eigenvalue weighted by molar-refractivity contribution is -0.0660. The summed E-state index contributed by atoms with van der Waals surface area (Å²) in [5, 5.41) is 8.05. The van der Waals surface area contributed by atoms with Crippen LogP contribution < -0.4 is 5.73 Å². The summed E-state index contributed by atoms with van der Waals surface area (Å²) in [7, 11) is 3.66. The summed E-state index contributed by atoms with van der Waals surface area (Å²) in [6, 6.07) is -0.00769. The SMILES string of the molecule is COC1(C(N)Cc2cn(C)nn2)CCC(C)CC1. The van der Waals surface area contributed by atoms with E-state index < -0.39 is 0 Å². The molecule has 1 unspecified atom stereocenters. The fourth-order valence-electron chi connectivity index (χ4n) is 2.88. The average molecular weight is 252 g/mol. The van der Waals surface area contributed by atoms with Crippen molar-refractivity contribution in [1.29, 1.82) is 0 Å². The summed E-state index contributed by atoms with van der Waals surface area (Å²) in [4.78, 5) is 0. The zero-order chi connectivity index (χ0) is 13.2. The van der Waals surface area contributed by atoms with Crippen LogP contribution in [0.3, 0.4) is 0 Å². The summed E-state index contributed by atoms with van der Waals surface area (Å²) in [5.74, 6) is 0.789. The Kier molecular flexibility index (Phi) is 4.02. The predicted octanol–water partition coefficient (Wildman–Crippen LogP) is 1.28. The monoisotopic (exact) mass is 252 g/mol. The minimum absolute atomic E-state index is 0.00769. The molecule has 1 aromatic heterocycles. The molecular formula is C13H24N4O. The maximum atomic E-state index is 6.38. The van der Waals surface area contributed by atoms with E-state index in [0.29, 0.717) is 0 Å². The summed E-state index contributed by atoms with van der Waals surface area (Å²) in [6.45, 7) is 2.30. The Hall–Kier alpha value is -0.940. The van der Waals surface area contributed by atoms with E-state index in [1.807, 2.05) is 13.2 Å². The van der Waals surface area contributed by atoms with Crippen molar-refractivity contribution >= 4 is 0 Å². The van der Waals surface area contributed by atoms with E-state index in [9.17, 15) is 0 Å². The highest BCUT2D eigenvalue weighted by Crippen LogP contribution is 2.36. The van der Waals surface area contributed by atoms with Gasteiger partial charge in [-0.15, -0.1) is 5.10 Å². The van der Waals surface area contributed by atoms with E-state index in [-0.39, 0.29) is 11.6 Å². The van der Waals surface area contributed by atoms with Crippen LogP contribution in [0, 0.1) is 5.92 Å². The molecule has 0 aliphatic heterocycles. The highest BCUT2D eigenvalue weighted by atomic mass is 16.5. The van der Waals surface area contributed by atoms with Gasteiger partial charge in [-0.1, -0.05) is 12.1 Å². The molecule has 0 amide bonds. The van der Waals surface area contributed by atoms with Gasteiger partial charge in [0, 0.05) is 32.8 Å². The van der Waals surface area contributed by atoms with Gasteiger partial charge in [0.1, 0.15) is 0 Å². The second-order valence-corrected chi connectivity index (χ2v) is 5.65. The van der Waals surface area contributed by atoms with Crippen LogP contribution in [0.1, 0.15) is 38.3 Å². The number of nitrogens with zero attached hydrogens (tertiary/aromatic N) is 3. The standard InChI is InChI=1S/C13H24N4O/c1-10-4-6-13(18-3,7-5-10)12(14)8-11-9-17(2)16-15-11/h9-10,12H,4-8,14H2,1-3H3. The van der Waals surface area contributed by atoms with Crippen molar-refractivity contribution in [3.05, 3.63) is 11.9 Å². The van der Waals surface area contributed by atoms with E-state index in [1.54, 1.807) is 11.8 Å². The first-order valence-electron chi connectivity index (χ1n) is 6.71. The number of ether oxygens (including phenoxy) is 1. The molecule has 0 bridgehead atoms. The molecule has 2 rings (SSSR count). The molecule has 5 heteroatoms. The van der Waals surface area contributed by atoms with E-state index in [4.69, 9.17) is 10.5 Å². The maximum Gasteiger partial charge on any atom is 0.0843 e. The van der Waals surface area contributed by atoms with Gasteiger partial charge in [0.25, 0.3) is 0 Å². The molecule has 2 N–H and O–H groups in total. The third-order valence-corrected chi connectivity index (χ3v) is 4.28. The largest absolute Gasteiger partial charge is 0.377 e. The molecule has 1 saturated carbocycles. The van der Waals surface area contributed by atoms with Crippen LogP contribution in [0.4, 0.5) is 0 Å². The predicted molar refractivity (Wildman–Crippen MR) is 70.1 cm³/mol. The van der Waals surface area contributed by atoms with Gasteiger partial charge >= 0.3 is 0 Å². The number of aryl methyl sites for hydroxylation is 1. The first kappa shape index (κ1) is 13.5. The van der Waals surface area contributed by atoms with Gasteiger partial charge < -0.3 is 10.5 Å². The summed E-state index contributed by atoms with van der Waals surface area (Å²) >= 11 is 0. The Morgan fingerprint density at radius 2 is 2.22 bits per heavy atom. The van der Waals surface area contributed by atoms with Gasteiger partial charge in [-0.05, 0) is 31.6 Å². The van der Waals surface area contributed by atoms with E-state index in [0.717, 1.165) is 30.9 Å². The molecule has 0 spiro atoms. The Labute approximate surface area is 109 Å². The fraction of sp³-hybridized carbons (Fsp3) is 0.846. The summed E-state index contributed by atoms with van der Waals surface area (Å²) in [6.07, 6.45) is 7.15. The van der Waals surface area contributed by atoms with Crippen LogP contribution in [-0.2, 0) is 18.2 Å². The van der Waals surface area contributed by atoms with Gasteiger partial charge in [-0.3, -0.25) is 4.68 Å². The van der Waals surface area contributed by atoms with Crippen molar-refractivity contribution < 1.29 is 4.74 Å². The van der Waals surface area contributed by atoms with Gasteiger partial charge in [0.05, 0.1) is 11.3 Å². The number of rotatable bonds is 4. The van der Waals surface area contributed by atoms with Crippen molar-refractivity contribution in [2.45, 2.75) is 50.7 Å². The summed E-state index contributed by atoms with van der Waals surface area (Å²) in [5.41, 5.74) is 7.15. The van der Waals surface area contributed by atoms with Crippen LogP contribution in [0.25, 0.3) is 0 Å². The summed E-state index contributed by atoms with van der Waals surface area (Å²) < 4.78 is 7.50. The molecular weight excluding hydrogens is 228 g/mol. The molecule has 1 aromatic rings. The fourth-order valence-corrected chi connectivity index (χ4v) is 2.88. The van der Waals surface area contributed by atoms with Crippen molar-refractivity contribution in [2.75, 3.05) is 7.11 Å². The molecule has 18 heavy (non-hydrogen) atoms. The van der Waals surface area contributed by atoms with Crippen LogP contribution in [-0.4, -0.2) is 33.7 Å². The van der Waals surface area contributed by atoms with Crippen molar-refractivity contribution in [1.82, 2.24) is 15.0 Å². The van der Waals surface area contributed by atoms with E-state index in [1.165, 1.54) is 12.8 Å². The third kappa shape index (κ3) is 2.72. The first-order valence-corrected chi connectivity index (χ1v) is 6.71. The average Bonchev–Trinajstić information content (AvgIpc) is 2.76. The normalized spacial score (nSPS) is 30.3. The molecule has 1 aliphatic rings. The van der Waals surface area contributed by atoms with Crippen LogP contribution in [0.15, 0.2) is 6.20 Å². The number of hydrogen-bond donors (Lipinski definition) is 1. The maximum absolute atomic E-state index is 6.38. The molecule has 1 heterocycles. The van der Waals surface area contributed by atoms with Crippen molar-refractivity contribution in [2.24, 2.45) is 18.7 Å². The quantitative estimate of drug-likeness (QED) is 0.876. The Morgan fingerprint density at radius 3 is 2.72 bits per heavy atom. The second kappa shape index (κ2) is 5.36. The van der Waals surface area contributed by atoms with E-state index in [2.05, 4.69) is 17.2 Å². The van der Waals surface area contributed by atoms with Crippen LogP contribution >= 0.6 is 0 Å². The third-order valence-electron chi connectivity index (χ3n) is 4.28. The lowest BCUT2D eigenvalue weighted by atomic mass is 9.74. The topological polar surface area (TPSA) is 66.0 Å². The van der Waals surface area contributed by atoms with Crippen molar-refractivity contribution in [3.63, 3.8) is 0 Å². The zero-order valence-corrected chi connectivity index (χ0v) is 11.6. The lowest BCUT2D eigenvalue weighted by Gasteiger charge is -2.42.